The molecule has 3 rings (SSSR count). The van der Waals surface area contributed by atoms with Gasteiger partial charge in [0.05, 0.1) is 21.7 Å². The summed E-state index contributed by atoms with van der Waals surface area (Å²) in [5, 5.41) is 19.3. The predicted molar refractivity (Wildman–Crippen MR) is 120 cm³/mol. The lowest BCUT2D eigenvalue weighted by atomic mass is 10.2. The van der Waals surface area contributed by atoms with Crippen LogP contribution >= 0.6 is 22.9 Å². The molecule has 0 unspecified atom stereocenters. The monoisotopic (exact) mass is 454 g/mol. The van der Waals surface area contributed by atoms with Gasteiger partial charge in [0.15, 0.2) is 0 Å². The molecule has 156 valence electrons. The third kappa shape index (κ3) is 6.08. The van der Waals surface area contributed by atoms with E-state index in [0.717, 1.165) is 4.88 Å². The highest BCUT2D eigenvalue weighted by Crippen LogP contribution is 2.17. The zero-order valence-corrected chi connectivity index (χ0v) is 17.4. The molecule has 0 fully saturated rings. The molecule has 0 atom stereocenters. The van der Waals surface area contributed by atoms with E-state index in [2.05, 4.69) is 15.8 Å². The Morgan fingerprint density at radius 2 is 1.90 bits per heavy atom. The van der Waals surface area contributed by atoms with Gasteiger partial charge in [-0.15, -0.1) is 11.3 Å². The van der Waals surface area contributed by atoms with E-state index in [1.807, 2.05) is 11.4 Å². The van der Waals surface area contributed by atoms with Crippen molar-refractivity contribution >= 4 is 52.7 Å². The van der Waals surface area contributed by atoms with Crippen LogP contribution in [0.5, 0.6) is 0 Å². The molecular formula is C21H15ClN4O4S. The summed E-state index contributed by atoms with van der Waals surface area (Å²) in [5.74, 6) is -1.22. The molecule has 1 aromatic heterocycles. The first-order valence-electron chi connectivity index (χ1n) is 8.83. The summed E-state index contributed by atoms with van der Waals surface area (Å²) in [5.41, 5.74) is 2.82. The van der Waals surface area contributed by atoms with Crippen LogP contribution in [0.3, 0.4) is 0 Å². The number of nitrogens with zero attached hydrogens (tertiary/aromatic N) is 2. The molecule has 0 spiro atoms. The van der Waals surface area contributed by atoms with Crippen molar-refractivity contribution in [2.75, 3.05) is 0 Å². The fourth-order valence-corrected chi connectivity index (χ4v) is 3.33. The van der Waals surface area contributed by atoms with Gasteiger partial charge in [0, 0.05) is 22.6 Å². The number of benzene rings is 2. The van der Waals surface area contributed by atoms with Crippen LogP contribution in [0.25, 0.3) is 6.08 Å². The van der Waals surface area contributed by atoms with Crippen molar-refractivity contribution in [1.82, 2.24) is 10.7 Å². The number of hydrogen-bond acceptors (Lipinski definition) is 6. The summed E-state index contributed by atoms with van der Waals surface area (Å²) in [7, 11) is 0. The number of carbonyl (C=O) groups is 2. The second-order valence-electron chi connectivity index (χ2n) is 6.06. The van der Waals surface area contributed by atoms with Gasteiger partial charge in [0.1, 0.15) is 5.70 Å². The Morgan fingerprint density at radius 3 is 2.61 bits per heavy atom. The largest absolute Gasteiger partial charge is 0.317 e. The SMILES string of the molecule is O=C(N/N=C/c1cccc([N+](=O)[O-])c1)/C(=C\c1cccs1)NC(=O)c1ccccc1Cl. The lowest BCUT2D eigenvalue weighted by molar-refractivity contribution is -0.384. The van der Waals surface area contributed by atoms with Crippen molar-refractivity contribution in [1.29, 1.82) is 0 Å². The number of hydrazone groups is 1. The van der Waals surface area contributed by atoms with Crippen LogP contribution < -0.4 is 10.7 Å². The summed E-state index contributed by atoms with van der Waals surface area (Å²) in [6.45, 7) is 0. The summed E-state index contributed by atoms with van der Waals surface area (Å²) in [6, 6.07) is 15.8. The highest BCUT2D eigenvalue weighted by molar-refractivity contribution is 7.10. The number of thiophene rings is 1. The molecule has 2 N–H and O–H groups in total. The molecule has 0 radical (unpaired) electrons. The van der Waals surface area contributed by atoms with E-state index < -0.39 is 16.7 Å². The molecule has 0 saturated carbocycles. The molecule has 10 heteroatoms. The smallest absolute Gasteiger partial charge is 0.287 e. The first-order chi connectivity index (χ1) is 14.9. The number of amides is 2. The van der Waals surface area contributed by atoms with E-state index in [-0.39, 0.29) is 22.0 Å². The van der Waals surface area contributed by atoms with Gasteiger partial charge in [-0.3, -0.25) is 19.7 Å². The van der Waals surface area contributed by atoms with Crippen molar-refractivity contribution in [3.8, 4) is 0 Å². The number of nitro benzene ring substituents is 1. The van der Waals surface area contributed by atoms with E-state index in [0.29, 0.717) is 5.56 Å². The molecule has 0 saturated heterocycles. The average molecular weight is 455 g/mol. The zero-order chi connectivity index (χ0) is 22.2. The molecule has 1 heterocycles. The third-order valence-electron chi connectivity index (χ3n) is 3.90. The van der Waals surface area contributed by atoms with Gasteiger partial charge in [-0.25, -0.2) is 5.43 Å². The van der Waals surface area contributed by atoms with E-state index in [9.17, 15) is 19.7 Å². The van der Waals surface area contributed by atoms with Gasteiger partial charge in [-0.1, -0.05) is 41.9 Å². The van der Waals surface area contributed by atoms with Crippen molar-refractivity contribution in [2.24, 2.45) is 5.10 Å². The number of hydrogen-bond donors (Lipinski definition) is 2. The van der Waals surface area contributed by atoms with Crippen molar-refractivity contribution in [3.05, 3.63) is 103 Å². The van der Waals surface area contributed by atoms with Gasteiger partial charge in [-0.2, -0.15) is 5.10 Å². The highest BCUT2D eigenvalue weighted by atomic mass is 35.5. The van der Waals surface area contributed by atoms with Crippen LogP contribution in [-0.2, 0) is 4.79 Å². The molecule has 0 aliphatic rings. The highest BCUT2D eigenvalue weighted by Gasteiger charge is 2.16. The number of carbonyl (C=O) groups excluding carboxylic acids is 2. The maximum absolute atomic E-state index is 12.6. The van der Waals surface area contributed by atoms with E-state index in [1.54, 1.807) is 36.4 Å². The number of rotatable bonds is 7. The average Bonchev–Trinajstić information content (AvgIpc) is 3.27. The number of nitrogens with one attached hydrogen (secondary N) is 2. The van der Waals surface area contributed by atoms with Gasteiger partial charge >= 0.3 is 0 Å². The minimum absolute atomic E-state index is 0.0384. The zero-order valence-electron chi connectivity index (χ0n) is 15.8. The molecule has 0 aliphatic carbocycles. The summed E-state index contributed by atoms with van der Waals surface area (Å²) in [4.78, 5) is 36.3. The van der Waals surface area contributed by atoms with Crippen LogP contribution in [-0.4, -0.2) is 23.0 Å². The van der Waals surface area contributed by atoms with Crippen LogP contribution in [0.15, 0.2) is 76.8 Å². The van der Waals surface area contributed by atoms with Crippen molar-refractivity contribution in [3.63, 3.8) is 0 Å². The normalized spacial score (nSPS) is 11.3. The minimum atomic E-state index is -0.671. The lowest BCUT2D eigenvalue weighted by Gasteiger charge is -2.09. The Bertz CT molecular complexity index is 1180. The standard InChI is InChI=1S/C21H15ClN4O4S/c22-18-9-2-1-8-17(18)20(27)24-19(12-16-7-4-10-31-16)21(28)25-23-13-14-5-3-6-15(11-14)26(29)30/h1-13H,(H,24,27)(H,25,28)/b19-12+,23-13+. The quantitative estimate of drug-likeness (QED) is 0.240. The van der Waals surface area contributed by atoms with Crippen LogP contribution in [0.2, 0.25) is 5.02 Å². The van der Waals surface area contributed by atoms with Crippen molar-refractivity contribution < 1.29 is 14.5 Å². The first kappa shape index (κ1) is 21.9. The second-order valence-corrected chi connectivity index (χ2v) is 7.45. The van der Waals surface area contributed by atoms with Gasteiger partial charge in [-0.05, 0) is 29.7 Å². The maximum Gasteiger partial charge on any atom is 0.287 e. The maximum atomic E-state index is 12.6. The molecule has 0 bridgehead atoms. The minimum Gasteiger partial charge on any atom is -0.317 e. The van der Waals surface area contributed by atoms with Crippen molar-refractivity contribution in [2.45, 2.75) is 0 Å². The van der Waals surface area contributed by atoms with Crippen LogP contribution in [0.1, 0.15) is 20.8 Å². The van der Waals surface area contributed by atoms with E-state index in [4.69, 9.17) is 11.6 Å². The Morgan fingerprint density at radius 1 is 1.10 bits per heavy atom. The van der Waals surface area contributed by atoms with Gasteiger partial charge < -0.3 is 5.32 Å². The van der Waals surface area contributed by atoms with Crippen LogP contribution in [0.4, 0.5) is 5.69 Å². The molecule has 2 aromatic carbocycles. The topological polar surface area (TPSA) is 114 Å². The number of non-ortho nitro benzene ring substituents is 1. The van der Waals surface area contributed by atoms with Crippen LogP contribution in [0, 0.1) is 10.1 Å². The second kappa shape index (κ2) is 10.3. The Labute approximate surface area is 186 Å². The molecule has 31 heavy (non-hydrogen) atoms. The number of nitro groups is 1. The predicted octanol–water partition coefficient (Wildman–Crippen LogP) is 4.23. The fourth-order valence-electron chi connectivity index (χ4n) is 2.45. The fraction of sp³-hybridized carbons (Fsp3) is 0. The molecular weight excluding hydrogens is 440 g/mol. The van der Waals surface area contributed by atoms with E-state index >= 15 is 0 Å². The Balaban J connectivity index is 1.77. The van der Waals surface area contributed by atoms with Gasteiger partial charge in [0.2, 0.25) is 0 Å². The van der Waals surface area contributed by atoms with Gasteiger partial charge in [0.25, 0.3) is 17.5 Å². The summed E-state index contributed by atoms with van der Waals surface area (Å²) in [6.07, 6.45) is 2.78. The molecule has 3 aromatic rings. The molecule has 8 nitrogen and oxygen atoms in total. The Kier molecular flexibility index (Phi) is 7.26. The molecule has 0 aliphatic heterocycles. The van der Waals surface area contributed by atoms with E-state index in [1.165, 1.54) is 41.8 Å². The lowest BCUT2D eigenvalue weighted by Crippen LogP contribution is -2.32. The third-order valence-corrected chi connectivity index (χ3v) is 5.05. The molecule has 2 amide bonds. The Hall–Kier alpha value is -3.82. The number of halogens is 1. The first-order valence-corrected chi connectivity index (χ1v) is 10.1. The summed E-state index contributed by atoms with van der Waals surface area (Å²) < 4.78 is 0. The summed E-state index contributed by atoms with van der Waals surface area (Å²) >= 11 is 7.44.